The fourth-order valence-corrected chi connectivity index (χ4v) is 2.57. The topological polar surface area (TPSA) is 41.5 Å². The summed E-state index contributed by atoms with van der Waals surface area (Å²) in [5.41, 5.74) is -0.519. The lowest BCUT2D eigenvalue weighted by Crippen LogP contribution is -2.57. The Labute approximate surface area is 79.5 Å². The van der Waals surface area contributed by atoms with Crippen LogP contribution in [0.5, 0.6) is 0 Å². The van der Waals surface area contributed by atoms with E-state index in [0.717, 1.165) is 39.0 Å². The Morgan fingerprint density at radius 2 is 2.38 bits per heavy atom. The smallest absolute Gasteiger partial charge is 0.0848 e. The molecule has 0 saturated carbocycles. The summed E-state index contributed by atoms with van der Waals surface area (Å²) in [6, 6.07) is 0.216. The Hall–Kier alpha value is -0.120. The molecule has 0 aliphatic carbocycles. The summed E-state index contributed by atoms with van der Waals surface area (Å²) in [6.45, 7) is 4.68. The molecule has 13 heavy (non-hydrogen) atoms. The molecule has 0 aromatic heterocycles. The molecule has 0 radical (unpaired) electrons. The van der Waals surface area contributed by atoms with Crippen molar-refractivity contribution in [1.82, 2.24) is 5.32 Å². The quantitative estimate of drug-likeness (QED) is 0.626. The number of rotatable bonds is 1. The Bertz CT molecular complexity index is 180. The molecule has 2 aliphatic rings. The van der Waals surface area contributed by atoms with Crippen molar-refractivity contribution in [2.45, 2.75) is 37.8 Å². The van der Waals surface area contributed by atoms with Crippen molar-refractivity contribution in [2.75, 3.05) is 19.8 Å². The van der Waals surface area contributed by atoms with E-state index >= 15 is 0 Å². The predicted octanol–water partition coefficient (Wildman–Crippen LogP) is 0.526. The van der Waals surface area contributed by atoms with Gasteiger partial charge in [-0.15, -0.1) is 0 Å². The molecule has 2 N–H and O–H groups in total. The van der Waals surface area contributed by atoms with Gasteiger partial charge in [0.2, 0.25) is 0 Å². The molecule has 2 fully saturated rings. The first-order valence-corrected chi connectivity index (χ1v) is 5.27. The first-order chi connectivity index (χ1) is 6.23. The minimum absolute atomic E-state index is 0.216. The van der Waals surface area contributed by atoms with Crippen molar-refractivity contribution in [2.24, 2.45) is 5.92 Å². The van der Waals surface area contributed by atoms with Crippen LogP contribution in [0.15, 0.2) is 0 Å². The van der Waals surface area contributed by atoms with Crippen LogP contribution in [0.4, 0.5) is 0 Å². The second-order valence-electron chi connectivity index (χ2n) is 4.33. The van der Waals surface area contributed by atoms with Crippen LogP contribution in [0.3, 0.4) is 0 Å². The summed E-state index contributed by atoms with van der Waals surface area (Å²) in [4.78, 5) is 0. The summed E-state index contributed by atoms with van der Waals surface area (Å²) in [7, 11) is 0. The average molecular weight is 185 g/mol. The van der Waals surface area contributed by atoms with Crippen molar-refractivity contribution >= 4 is 0 Å². The summed E-state index contributed by atoms with van der Waals surface area (Å²) < 4.78 is 5.34. The van der Waals surface area contributed by atoms with Gasteiger partial charge in [0.25, 0.3) is 0 Å². The van der Waals surface area contributed by atoms with E-state index in [0.29, 0.717) is 5.92 Å². The van der Waals surface area contributed by atoms with Gasteiger partial charge in [-0.3, -0.25) is 0 Å². The molecule has 0 amide bonds. The van der Waals surface area contributed by atoms with Crippen LogP contribution in [0.1, 0.15) is 26.2 Å². The highest BCUT2D eigenvalue weighted by atomic mass is 16.5. The molecule has 0 spiro atoms. The zero-order chi connectivity index (χ0) is 9.31. The van der Waals surface area contributed by atoms with Gasteiger partial charge in [-0.05, 0) is 32.7 Å². The van der Waals surface area contributed by atoms with Gasteiger partial charge < -0.3 is 15.2 Å². The highest BCUT2D eigenvalue weighted by molar-refractivity contribution is 4.98. The molecular formula is C10H19NO2. The van der Waals surface area contributed by atoms with Gasteiger partial charge in [-0.1, -0.05) is 0 Å². The largest absolute Gasteiger partial charge is 0.388 e. The third kappa shape index (κ3) is 1.60. The highest BCUT2D eigenvalue weighted by Crippen LogP contribution is 2.34. The van der Waals surface area contributed by atoms with Crippen LogP contribution in [-0.4, -0.2) is 36.5 Å². The van der Waals surface area contributed by atoms with Crippen LogP contribution in [-0.2, 0) is 4.74 Å². The molecule has 3 unspecified atom stereocenters. The second-order valence-corrected chi connectivity index (χ2v) is 4.33. The molecular weight excluding hydrogens is 166 g/mol. The van der Waals surface area contributed by atoms with Crippen LogP contribution in [0, 0.1) is 5.92 Å². The number of piperidine rings is 1. The zero-order valence-electron chi connectivity index (χ0n) is 8.25. The standard InChI is InChI=1S/C10H19NO2/c1-8-10(12,4-2-5-11-8)9-3-6-13-7-9/h8-9,11-12H,2-7H2,1H3. The van der Waals surface area contributed by atoms with Crippen LogP contribution in [0.25, 0.3) is 0 Å². The van der Waals surface area contributed by atoms with E-state index < -0.39 is 5.60 Å². The second kappa shape index (κ2) is 3.56. The summed E-state index contributed by atoms with van der Waals surface area (Å²) in [6.07, 6.45) is 3.02. The molecule has 76 valence electrons. The Morgan fingerprint density at radius 3 is 3.00 bits per heavy atom. The SMILES string of the molecule is CC1NCCCC1(O)C1CCOC1. The maximum absolute atomic E-state index is 10.5. The lowest BCUT2D eigenvalue weighted by Gasteiger charge is -2.42. The zero-order valence-corrected chi connectivity index (χ0v) is 8.25. The molecule has 0 bridgehead atoms. The molecule has 3 nitrogen and oxygen atoms in total. The predicted molar refractivity (Wildman–Crippen MR) is 50.6 cm³/mol. The van der Waals surface area contributed by atoms with E-state index in [1.165, 1.54) is 0 Å². The van der Waals surface area contributed by atoms with E-state index in [9.17, 15) is 5.11 Å². The minimum atomic E-state index is -0.519. The minimum Gasteiger partial charge on any atom is -0.388 e. The molecule has 0 aromatic rings. The van der Waals surface area contributed by atoms with Crippen molar-refractivity contribution < 1.29 is 9.84 Å². The van der Waals surface area contributed by atoms with Crippen molar-refractivity contribution in [3.05, 3.63) is 0 Å². The van der Waals surface area contributed by atoms with E-state index in [1.54, 1.807) is 0 Å². The number of aliphatic hydroxyl groups is 1. The lowest BCUT2D eigenvalue weighted by atomic mass is 9.76. The normalized spacial score (nSPS) is 46.6. The molecule has 0 aromatic carbocycles. The van der Waals surface area contributed by atoms with Crippen LogP contribution in [0.2, 0.25) is 0 Å². The van der Waals surface area contributed by atoms with E-state index in [-0.39, 0.29) is 6.04 Å². The summed E-state index contributed by atoms with van der Waals surface area (Å²) in [5, 5.41) is 13.8. The highest BCUT2D eigenvalue weighted by Gasteiger charge is 2.44. The van der Waals surface area contributed by atoms with Gasteiger partial charge >= 0.3 is 0 Å². The lowest BCUT2D eigenvalue weighted by molar-refractivity contribution is -0.0684. The third-order valence-corrected chi connectivity index (χ3v) is 3.59. The van der Waals surface area contributed by atoms with Crippen molar-refractivity contribution in [3.63, 3.8) is 0 Å². The average Bonchev–Trinajstić information content (AvgIpc) is 2.63. The van der Waals surface area contributed by atoms with Gasteiger partial charge in [0, 0.05) is 18.6 Å². The van der Waals surface area contributed by atoms with E-state index in [4.69, 9.17) is 4.74 Å². The summed E-state index contributed by atoms with van der Waals surface area (Å²) >= 11 is 0. The fraction of sp³-hybridized carbons (Fsp3) is 1.00. The van der Waals surface area contributed by atoms with Crippen LogP contribution >= 0.6 is 0 Å². The Morgan fingerprint density at radius 1 is 1.54 bits per heavy atom. The molecule has 3 atom stereocenters. The van der Waals surface area contributed by atoms with Gasteiger partial charge in [0.05, 0.1) is 12.2 Å². The maximum atomic E-state index is 10.5. The number of hydrogen-bond acceptors (Lipinski definition) is 3. The Kier molecular flexibility index (Phi) is 2.58. The van der Waals surface area contributed by atoms with Gasteiger partial charge in [-0.25, -0.2) is 0 Å². The third-order valence-electron chi connectivity index (χ3n) is 3.59. The Balaban J connectivity index is 2.06. The molecule has 2 aliphatic heterocycles. The number of nitrogens with one attached hydrogen (secondary N) is 1. The van der Waals surface area contributed by atoms with Crippen molar-refractivity contribution in [1.29, 1.82) is 0 Å². The maximum Gasteiger partial charge on any atom is 0.0848 e. The molecule has 2 heterocycles. The molecule has 2 rings (SSSR count). The fourth-order valence-electron chi connectivity index (χ4n) is 2.57. The number of ether oxygens (including phenoxy) is 1. The van der Waals surface area contributed by atoms with Gasteiger partial charge in [-0.2, -0.15) is 0 Å². The van der Waals surface area contributed by atoms with E-state index in [2.05, 4.69) is 12.2 Å². The summed E-state index contributed by atoms with van der Waals surface area (Å²) in [5.74, 6) is 0.343. The van der Waals surface area contributed by atoms with Crippen LogP contribution < -0.4 is 5.32 Å². The first-order valence-electron chi connectivity index (χ1n) is 5.27. The van der Waals surface area contributed by atoms with Crippen molar-refractivity contribution in [3.8, 4) is 0 Å². The van der Waals surface area contributed by atoms with Gasteiger partial charge in [0.15, 0.2) is 0 Å². The van der Waals surface area contributed by atoms with E-state index in [1.807, 2.05) is 0 Å². The number of hydrogen-bond donors (Lipinski definition) is 2. The molecule has 3 heteroatoms. The molecule has 2 saturated heterocycles. The first kappa shape index (κ1) is 9.44. The van der Waals surface area contributed by atoms with Gasteiger partial charge in [0.1, 0.15) is 0 Å². The monoisotopic (exact) mass is 185 g/mol.